The van der Waals surface area contributed by atoms with Gasteiger partial charge in [-0.3, -0.25) is 9.69 Å². The fourth-order valence-corrected chi connectivity index (χ4v) is 2.14. The number of hydrogen-bond acceptors (Lipinski definition) is 4. The second kappa shape index (κ2) is 6.41. The van der Waals surface area contributed by atoms with Crippen LogP contribution >= 0.6 is 11.6 Å². The number of ether oxygens (including phenoxy) is 2. The predicted octanol–water partition coefficient (Wildman–Crippen LogP) is 1.88. The molecule has 0 radical (unpaired) electrons. The molecule has 6 nitrogen and oxygen atoms in total. The van der Waals surface area contributed by atoms with Gasteiger partial charge in [0.05, 0.1) is 12.1 Å². The Morgan fingerprint density at radius 2 is 2.18 bits per heavy atom. The van der Waals surface area contributed by atoms with Gasteiger partial charge in [-0.1, -0.05) is 17.5 Å². The first-order valence-corrected chi connectivity index (χ1v) is 6.60. The van der Waals surface area contributed by atoms with Crippen molar-refractivity contribution in [3.8, 4) is 23.8 Å². The lowest BCUT2D eigenvalue weighted by Crippen LogP contribution is -2.25. The van der Waals surface area contributed by atoms with E-state index in [4.69, 9.17) is 27.5 Å². The highest BCUT2D eigenvalue weighted by molar-refractivity contribution is 6.32. The number of imide groups is 1. The van der Waals surface area contributed by atoms with E-state index >= 15 is 0 Å². The Morgan fingerprint density at radius 1 is 1.45 bits per heavy atom. The van der Waals surface area contributed by atoms with E-state index in [9.17, 15) is 9.59 Å². The summed E-state index contributed by atoms with van der Waals surface area (Å²) in [5, 5.41) is 2.75. The van der Waals surface area contributed by atoms with E-state index in [0.717, 1.165) is 4.90 Å². The maximum Gasteiger partial charge on any atom is 0.328 e. The maximum atomic E-state index is 11.8. The van der Waals surface area contributed by atoms with Crippen LogP contribution in [0, 0.1) is 12.3 Å². The molecule has 1 fully saturated rings. The highest BCUT2D eigenvalue weighted by atomic mass is 35.5. The fourth-order valence-electron chi connectivity index (χ4n) is 1.87. The van der Waals surface area contributed by atoms with Crippen LogP contribution in [0.1, 0.15) is 5.56 Å². The van der Waals surface area contributed by atoms with Crippen LogP contribution in [0.25, 0.3) is 6.08 Å². The zero-order valence-electron chi connectivity index (χ0n) is 12.0. The van der Waals surface area contributed by atoms with E-state index in [1.54, 1.807) is 12.1 Å². The minimum Gasteiger partial charge on any atom is -0.493 e. The van der Waals surface area contributed by atoms with E-state index in [1.807, 2.05) is 0 Å². The Balaban J connectivity index is 2.38. The molecule has 22 heavy (non-hydrogen) atoms. The predicted molar refractivity (Wildman–Crippen MR) is 81.6 cm³/mol. The summed E-state index contributed by atoms with van der Waals surface area (Å²) in [6, 6.07) is 2.73. The average molecular weight is 321 g/mol. The van der Waals surface area contributed by atoms with Gasteiger partial charge < -0.3 is 14.8 Å². The van der Waals surface area contributed by atoms with Gasteiger partial charge in [-0.2, -0.15) is 0 Å². The number of methoxy groups -OCH3 is 1. The molecule has 0 bridgehead atoms. The minimum atomic E-state index is -0.483. The Hall–Kier alpha value is -2.65. The minimum absolute atomic E-state index is 0.0514. The summed E-state index contributed by atoms with van der Waals surface area (Å²) in [5.74, 6) is 2.61. The molecule has 2 rings (SSSR count). The molecule has 1 aromatic rings. The number of benzene rings is 1. The van der Waals surface area contributed by atoms with E-state index in [0.29, 0.717) is 17.1 Å². The average Bonchev–Trinajstić information content (AvgIpc) is 2.73. The number of halogens is 1. The second-order valence-electron chi connectivity index (χ2n) is 4.38. The van der Waals surface area contributed by atoms with Gasteiger partial charge in [-0.15, -0.1) is 6.42 Å². The molecule has 1 N–H and O–H groups in total. The summed E-state index contributed by atoms with van der Waals surface area (Å²) >= 11 is 6.14. The van der Waals surface area contributed by atoms with Crippen molar-refractivity contribution in [1.82, 2.24) is 10.2 Å². The van der Waals surface area contributed by atoms with Crippen molar-refractivity contribution in [2.24, 2.45) is 0 Å². The van der Waals surface area contributed by atoms with E-state index in [2.05, 4.69) is 11.2 Å². The Morgan fingerprint density at radius 3 is 2.73 bits per heavy atom. The zero-order chi connectivity index (χ0) is 16.3. The number of terminal acetylenes is 1. The molecule has 1 aromatic carbocycles. The van der Waals surface area contributed by atoms with Crippen molar-refractivity contribution in [2.75, 3.05) is 20.8 Å². The molecule has 0 unspecified atom stereocenters. The molecule has 0 atom stereocenters. The third kappa shape index (κ3) is 3.00. The number of rotatable bonds is 4. The number of carbonyl (C=O) groups excluding carboxylic acids is 2. The van der Waals surface area contributed by atoms with Crippen LogP contribution in [0.2, 0.25) is 5.02 Å². The lowest BCUT2D eigenvalue weighted by molar-refractivity contribution is -0.121. The molecule has 114 valence electrons. The topological polar surface area (TPSA) is 67.9 Å². The number of hydrogen-bond donors (Lipinski definition) is 1. The smallest absolute Gasteiger partial charge is 0.328 e. The lowest BCUT2D eigenvalue weighted by Gasteiger charge is -2.11. The van der Waals surface area contributed by atoms with Crippen molar-refractivity contribution < 1.29 is 19.1 Å². The van der Waals surface area contributed by atoms with Crippen molar-refractivity contribution in [2.45, 2.75) is 0 Å². The number of nitrogens with one attached hydrogen (secondary N) is 1. The summed E-state index contributed by atoms with van der Waals surface area (Å²) in [4.78, 5) is 24.2. The summed E-state index contributed by atoms with van der Waals surface area (Å²) in [6.45, 7) is 0.0514. The summed E-state index contributed by atoms with van der Waals surface area (Å²) in [7, 11) is 2.85. The third-order valence-electron chi connectivity index (χ3n) is 2.94. The SMILES string of the molecule is C#CCOc1c(Cl)cc(/C=C2/NC(=O)N(C)C2=O)cc1OC. The number of nitrogens with zero attached hydrogens (tertiary/aromatic N) is 1. The quantitative estimate of drug-likeness (QED) is 0.522. The van der Waals surface area contributed by atoms with Gasteiger partial charge in [0.15, 0.2) is 11.5 Å². The number of likely N-dealkylation sites (N-methyl/N-ethyl adjacent to an activating group) is 1. The molecular formula is C15H13ClN2O4. The van der Waals surface area contributed by atoms with E-state index < -0.39 is 11.9 Å². The van der Waals surface area contributed by atoms with Crippen LogP contribution in [0.3, 0.4) is 0 Å². The van der Waals surface area contributed by atoms with Gasteiger partial charge in [-0.25, -0.2) is 4.79 Å². The Kier molecular flexibility index (Phi) is 4.59. The molecule has 1 aliphatic rings. The van der Waals surface area contributed by atoms with E-state index in [-0.39, 0.29) is 17.3 Å². The van der Waals surface area contributed by atoms with Crippen LogP contribution in [-0.4, -0.2) is 37.6 Å². The van der Waals surface area contributed by atoms with Crippen LogP contribution in [0.4, 0.5) is 4.79 Å². The van der Waals surface area contributed by atoms with Gasteiger partial charge in [0.25, 0.3) is 5.91 Å². The van der Waals surface area contributed by atoms with Gasteiger partial charge >= 0.3 is 6.03 Å². The molecule has 3 amide bonds. The van der Waals surface area contributed by atoms with Crippen molar-refractivity contribution in [3.05, 3.63) is 28.4 Å². The number of carbonyl (C=O) groups is 2. The van der Waals surface area contributed by atoms with Crippen molar-refractivity contribution in [1.29, 1.82) is 0 Å². The first-order valence-electron chi connectivity index (χ1n) is 6.22. The van der Waals surface area contributed by atoms with Gasteiger partial charge in [0, 0.05) is 7.05 Å². The van der Waals surface area contributed by atoms with Gasteiger partial charge in [-0.05, 0) is 23.8 Å². The molecule has 1 saturated heterocycles. The molecule has 7 heteroatoms. The monoisotopic (exact) mass is 320 g/mol. The van der Waals surface area contributed by atoms with Crippen LogP contribution in [0.15, 0.2) is 17.8 Å². The fraction of sp³-hybridized carbons (Fsp3) is 0.200. The molecular weight excluding hydrogens is 308 g/mol. The lowest BCUT2D eigenvalue weighted by atomic mass is 10.1. The molecule has 0 saturated carbocycles. The molecule has 0 spiro atoms. The second-order valence-corrected chi connectivity index (χ2v) is 4.79. The third-order valence-corrected chi connectivity index (χ3v) is 3.22. The Labute approximate surface area is 132 Å². The largest absolute Gasteiger partial charge is 0.493 e. The summed E-state index contributed by atoms with van der Waals surface area (Å²) in [5.41, 5.74) is 0.733. The van der Waals surface area contributed by atoms with Gasteiger partial charge in [0.2, 0.25) is 0 Å². The Bertz CT molecular complexity index is 706. The summed E-state index contributed by atoms with van der Waals surface area (Å²) < 4.78 is 10.5. The number of amides is 3. The number of urea groups is 1. The highest BCUT2D eigenvalue weighted by Crippen LogP contribution is 2.37. The van der Waals surface area contributed by atoms with Gasteiger partial charge in [0.1, 0.15) is 12.3 Å². The zero-order valence-corrected chi connectivity index (χ0v) is 12.7. The summed E-state index contributed by atoms with van der Waals surface area (Å²) in [6.07, 6.45) is 6.65. The molecule has 1 aliphatic heterocycles. The molecule has 0 aromatic heterocycles. The first kappa shape index (κ1) is 15.7. The molecule has 0 aliphatic carbocycles. The molecule has 1 heterocycles. The van der Waals surface area contributed by atoms with E-state index in [1.165, 1.54) is 20.2 Å². The van der Waals surface area contributed by atoms with Crippen LogP contribution in [-0.2, 0) is 4.79 Å². The van der Waals surface area contributed by atoms with Crippen LogP contribution in [0.5, 0.6) is 11.5 Å². The highest BCUT2D eigenvalue weighted by Gasteiger charge is 2.30. The van der Waals surface area contributed by atoms with Crippen molar-refractivity contribution >= 4 is 29.6 Å². The first-order chi connectivity index (χ1) is 10.5. The normalized spacial score (nSPS) is 15.7. The maximum absolute atomic E-state index is 11.8. The van der Waals surface area contributed by atoms with Crippen LogP contribution < -0.4 is 14.8 Å². The standard InChI is InChI=1S/C15H13ClN2O4/c1-4-5-22-13-10(16)6-9(8-12(13)21-3)7-11-14(19)18(2)15(20)17-11/h1,6-8H,5H2,2-3H3,(H,17,20)/b11-7+. The van der Waals surface area contributed by atoms with Crippen molar-refractivity contribution in [3.63, 3.8) is 0 Å².